The molecule has 1 atom stereocenters. The molecular weight excluding hydrogens is 256 g/mol. The van der Waals surface area contributed by atoms with Gasteiger partial charge in [-0.05, 0) is 38.6 Å². The zero-order chi connectivity index (χ0) is 13.5. The van der Waals surface area contributed by atoms with Crippen LogP contribution in [0.1, 0.15) is 51.3 Å². The minimum absolute atomic E-state index is 0.615. The number of thioether (sulfide) groups is 1. The van der Waals surface area contributed by atoms with Crippen LogP contribution in [0.2, 0.25) is 0 Å². The minimum Gasteiger partial charge on any atom is -0.313 e. The molecule has 0 aromatic carbocycles. The molecule has 2 rings (SSSR count). The summed E-state index contributed by atoms with van der Waals surface area (Å²) in [5.74, 6) is 2.83. The molecule has 4 nitrogen and oxygen atoms in total. The molecule has 1 saturated carbocycles. The van der Waals surface area contributed by atoms with Crippen molar-refractivity contribution in [3.05, 3.63) is 5.82 Å². The third-order valence-electron chi connectivity index (χ3n) is 3.84. The second-order valence-electron chi connectivity index (χ2n) is 5.47. The van der Waals surface area contributed by atoms with Crippen molar-refractivity contribution in [2.45, 2.75) is 63.6 Å². The molecule has 1 unspecified atom stereocenters. The topological polar surface area (TPSA) is 53.6 Å². The second kappa shape index (κ2) is 7.90. The van der Waals surface area contributed by atoms with E-state index < -0.39 is 0 Å². The van der Waals surface area contributed by atoms with Crippen molar-refractivity contribution < 1.29 is 0 Å². The first-order valence-corrected chi connectivity index (χ1v) is 8.53. The number of hydrogen-bond acceptors (Lipinski definition) is 4. The van der Waals surface area contributed by atoms with E-state index in [1.807, 2.05) is 6.92 Å². The van der Waals surface area contributed by atoms with Crippen LogP contribution < -0.4 is 5.32 Å². The number of aryl methyl sites for hydroxylation is 1. The lowest BCUT2D eigenvalue weighted by Gasteiger charge is -2.30. The highest BCUT2D eigenvalue weighted by molar-refractivity contribution is 7.99. The molecule has 0 amide bonds. The highest BCUT2D eigenvalue weighted by Gasteiger charge is 2.23. The van der Waals surface area contributed by atoms with Gasteiger partial charge in [0.1, 0.15) is 5.82 Å². The van der Waals surface area contributed by atoms with E-state index in [2.05, 4.69) is 27.4 Å². The number of hydrogen-bond donors (Lipinski definition) is 2. The van der Waals surface area contributed by atoms with Gasteiger partial charge in [-0.3, -0.25) is 5.10 Å². The molecule has 1 fully saturated rings. The summed E-state index contributed by atoms with van der Waals surface area (Å²) >= 11 is 1.78. The molecule has 5 heteroatoms. The van der Waals surface area contributed by atoms with Crippen LogP contribution in [-0.2, 0) is 0 Å². The Morgan fingerprint density at radius 1 is 1.37 bits per heavy atom. The average Bonchev–Trinajstić information content (AvgIpc) is 2.86. The van der Waals surface area contributed by atoms with Crippen LogP contribution in [0, 0.1) is 12.8 Å². The van der Waals surface area contributed by atoms with E-state index >= 15 is 0 Å². The zero-order valence-corrected chi connectivity index (χ0v) is 12.9. The van der Waals surface area contributed by atoms with Crippen molar-refractivity contribution in [1.82, 2.24) is 20.5 Å². The van der Waals surface area contributed by atoms with Crippen LogP contribution in [0.3, 0.4) is 0 Å². The number of nitrogens with zero attached hydrogens (tertiary/aromatic N) is 2. The van der Waals surface area contributed by atoms with E-state index in [1.165, 1.54) is 38.5 Å². The number of H-pyrrole nitrogens is 1. The van der Waals surface area contributed by atoms with Gasteiger partial charge in [-0.25, -0.2) is 4.98 Å². The number of nitrogens with one attached hydrogen (secondary N) is 2. The number of aromatic nitrogens is 3. The Balaban J connectivity index is 1.85. The molecule has 108 valence electrons. The van der Waals surface area contributed by atoms with Crippen LogP contribution in [0.5, 0.6) is 0 Å². The van der Waals surface area contributed by atoms with Gasteiger partial charge in [0.05, 0.1) is 0 Å². The van der Waals surface area contributed by atoms with E-state index in [4.69, 9.17) is 0 Å². The summed E-state index contributed by atoms with van der Waals surface area (Å²) in [5.41, 5.74) is 0. The molecule has 0 aliphatic heterocycles. The molecule has 19 heavy (non-hydrogen) atoms. The predicted octanol–water partition coefficient (Wildman–Crippen LogP) is 3.15. The quantitative estimate of drug-likeness (QED) is 0.754. The van der Waals surface area contributed by atoms with Crippen LogP contribution in [-0.4, -0.2) is 33.5 Å². The fourth-order valence-corrected chi connectivity index (χ4v) is 3.81. The van der Waals surface area contributed by atoms with Gasteiger partial charge in [-0.1, -0.05) is 37.9 Å². The van der Waals surface area contributed by atoms with Crippen molar-refractivity contribution in [3.63, 3.8) is 0 Å². The van der Waals surface area contributed by atoms with Gasteiger partial charge in [0.2, 0.25) is 5.16 Å². The van der Waals surface area contributed by atoms with E-state index in [-0.39, 0.29) is 0 Å². The Morgan fingerprint density at radius 2 is 2.16 bits per heavy atom. The Hall–Kier alpha value is -0.550. The van der Waals surface area contributed by atoms with Crippen LogP contribution in [0.25, 0.3) is 0 Å². The lowest BCUT2D eigenvalue weighted by Crippen LogP contribution is -2.39. The largest absolute Gasteiger partial charge is 0.313 e. The summed E-state index contributed by atoms with van der Waals surface area (Å²) in [6, 6.07) is 0.615. The maximum Gasteiger partial charge on any atom is 0.208 e. The van der Waals surface area contributed by atoms with Gasteiger partial charge in [-0.2, -0.15) is 0 Å². The average molecular weight is 282 g/mol. The van der Waals surface area contributed by atoms with E-state index in [1.54, 1.807) is 11.8 Å². The molecule has 1 heterocycles. The Morgan fingerprint density at radius 3 is 2.79 bits per heavy atom. The van der Waals surface area contributed by atoms with Gasteiger partial charge in [-0.15, -0.1) is 5.10 Å². The molecule has 1 aliphatic carbocycles. The summed E-state index contributed by atoms with van der Waals surface area (Å²) in [5, 5.41) is 11.7. The maximum absolute atomic E-state index is 4.38. The van der Waals surface area contributed by atoms with Gasteiger partial charge in [0.25, 0.3) is 0 Å². The first kappa shape index (κ1) is 14.9. The lowest BCUT2D eigenvalue weighted by molar-refractivity contribution is 0.285. The van der Waals surface area contributed by atoms with E-state index in [0.717, 1.165) is 29.2 Å². The van der Waals surface area contributed by atoms with Crippen molar-refractivity contribution in [3.8, 4) is 0 Å². The molecule has 1 aromatic rings. The van der Waals surface area contributed by atoms with Crippen molar-refractivity contribution in [2.24, 2.45) is 5.92 Å². The standard InChI is InChI=1S/C14H26N4S/c1-3-9-15-13(12-7-5-4-6-8-12)10-19-14-16-11(2)17-18-14/h12-13,15H,3-10H2,1-2H3,(H,16,17,18). The summed E-state index contributed by atoms with van der Waals surface area (Å²) in [7, 11) is 0. The van der Waals surface area contributed by atoms with E-state index in [0.29, 0.717) is 6.04 Å². The monoisotopic (exact) mass is 282 g/mol. The van der Waals surface area contributed by atoms with Crippen molar-refractivity contribution >= 4 is 11.8 Å². The summed E-state index contributed by atoms with van der Waals surface area (Å²) < 4.78 is 0. The fraction of sp³-hybridized carbons (Fsp3) is 0.857. The van der Waals surface area contributed by atoms with Crippen molar-refractivity contribution in [2.75, 3.05) is 12.3 Å². The second-order valence-corrected chi connectivity index (χ2v) is 6.46. The van der Waals surface area contributed by atoms with Gasteiger partial charge in [0, 0.05) is 11.8 Å². The minimum atomic E-state index is 0.615. The molecule has 1 aromatic heterocycles. The van der Waals surface area contributed by atoms with Crippen molar-refractivity contribution in [1.29, 1.82) is 0 Å². The highest BCUT2D eigenvalue weighted by Crippen LogP contribution is 2.29. The lowest BCUT2D eigenvalue weighted by atomic mass is 9.84. The molecule has 0 bridgehead atoms. The SMILES string of the molecule is CCCNC(CSc1n[nH]c(C)n1)C1CCCCC1. The van der Waals surface area contributed by atoms with Crippen LogP contribution in [0.15, 0.2) is 5.16 Å². The first-order chi connectivity index (χ1) is 9.29. The molecular formula is C14H26N4S. The highest BCUT2D eigenvalue weighted by atomic mass is 32.2. The van der Waals surface area contributed by atoms with Gasteiger partial charge < -0.3 is 5.32 Å². The Labute approximate surface area is 120 Å². The Bertz CT molecular complexity index is 360. The molecule has 1 aliphatic rings. The third-order valence-corrected chi connectivity index (χ3v) is 4.81. The summed E-state index contributed by atoms with van der Waals surface area (Å²) in [6.45, 7) is 5.30. The third kappa shape index (κ3) is 4.80. The predicted molar refractivity (Wildman–Crippen MR) is 80.5 cm³/mol. The van der Waals surface area contributed by atoms with Gasteiger partial charge >= 0.3 is 0 Å². The first-order valence-electron chi connectivity index (χ1n) is 7.54. The number of aromatic amines is 1. The molecule has 0 saturated heterocycles. The Kier molecular flexibility index (Phi) is 6.17. The van der Waals surface area contributed by atoms with Crippen LogP contribution >= 0.6 is 11.8 Å². The molecule has 2 N–H and O–H groups in total. The van der Waals surface area contributed by atoms with Crippen LogP contribution in [0.4, 0.5) is 0 Å². The smallest absolute Gasteiger partial charge is 0.208 e. The maximum atomic E-state index is 4.38. The summed E-state index contributed by atoms with van der Waals surface area (Å²) in [4.78, 5) is 4.38. The van der Waals surface area contributed by atoms with Gasteiger partial charge in [0.15, 0.2) is 0 Å². The molecule has 0 radical (unpaired) electrons. The number of rotatable bonds is 7. The fourth-order valence-electron chi connectivity index (χ4n) is 2.78. The zero-order valence-electron chi connectivity index (χ0n) is 12.1. The summed E-state index contributed by atoms with van der Waals surface area (Å²) in [6.07, 6.45) is 8.20. The molecule has 0 spiro atoms. The normalized spacial score (nSPS) is 18.6. The van der Waals surface area contributed by atoms with E-state index in [9.17, 15) is 0 Å².